The summed E-state index contributed by atoms with van der Waals surface area (Å²) in [6.07, 6.45) is 0.880. The van der Waals surface area contributed by atoms with Crippen molar-refractivity contribution < 1.29 is 5.11 Å². The first-order chi connectivity index (χ1) is 6.24. The lowest BCUT2D eigenvalue weighted by molar-refractivity contribution is 0.478. The highest BCUT2D eigenvalue weighted by Crippen LogP contribution is 2.24. The number of imidazole rings is 1. The molecule has 0 aliphatic rings. The summed E-state index contributed by atoms with van der Waals surface area (Å²) in [7, 11) is 1.92. The van der Waals surface area contributed by atoms with E-state index in [-0.39, 0.29) is 0 Å². The number of benzene rings is 1. The standard InChI is InChI=1S/C10H12N2O/c1-3-9-11-7-5-4-6-8(13)10(7)12(9)2/h4-6,13H,3H2,1-2H3. The molecule has 0 saturated carbocycles. The Bertz CT molecular complexity index is 445. The van der Waals surface area contributed by atoms with Crippen molar-refractivity contribution in [1.82, 2.24) is 9.55 Å². The van der Waals surface area contributed by atoms with E-state index in [1.165, 1.54) is 0 Å². The Morgan fingerprint density at radius 2 is 2.23 bits per heavy atom. The van der Waals surface area contributed by atoms with Crippen molar-refractivity contribution in [2.24, 2.45) is 7.05 Å². The highest BCUT2D eigenvalue weighted by molar-refractivity contribution is 5.82. The van der Waals surface area contributed by atoms with Gasteiger partial charge in [-0.15, -0.1) is 0 Å². The summed E-state index contributed by atoms with van der Waals surface area (Å²) >= 11 is 0. The van der Waals surface area contributed by atoms with Gasteiger partial charge in [-0.25, -0.2) is 4.98 Å². The number of aryl methyl sites for hydroxylation is 2. The monoisotopic (exact) mass is 176 g/mol. The van der Waals surface area contributed by atoms with Crippen LogP contribution in [0.5, 0.6) is 5.75 Å². The number of nitrogens with zero attached hydrogens (tertiary/aromatic N) is 2. The zero-order valence-electron chi connectivity index (χ0n) is 7.78. The van der Waals surface area contributed by atoms with Gasteiger partial charge in [-0.3, -0.25) is 0 Å². The van der Waals surface area contributed by atoms with Crippen LogP contribution >= 0.6 is 0 Å². The van der Waals surface area contributed by atoms with Crippen molar-refractivity contribution >= 4 is 11.0 Å². The predicted molar refractivity (Wildman–Crippen MR) is 51.8 cm³/mol. The van der Waals surface area contributed by atoms with Gasteiger partial charge in [0.15, 0.2) is 0 Å². The van der Waals surface area contributed by atoms with E-state index in [2.05, 4.69) is 11.9 Å². The molecule has 1 aromatic heterocycles. The summed E-state index contributed by atoms with van der Waals surface area (Å²) < 4.78 is 1.94. The highest BCUT2D eigenvalue weighted by Gasteiger charge is 2.08. The number of fused-ring (bicyclic) bond motifs is 1. The largest absolute Gasteiger partial charge is 0.506 e. The Morgan fingerprint density at radius 1 is 1.46 bits per heavy atom. The van der Waals surface area contributed by atoms with Crippen molar-refractivity contribution in [3.05, 3.63) is 24.0 Å². The van der Waals surface area contributed by atoms with Crippen LogP contribution < -0.4 is 0 Å². The Balaban J connectivity index is 2.85. The van der Waals surface area contributed by atoms with Crippen LogP contribution in [0.25, 0.3) is 11.0 Å². The maximum atomic E-state index is 9.60. The molecule has 1 N–H and O–H groups in total. The second kappa shape index (κ2) is 2.76. The number of aromatic nitrogens is 2. The van der Waals surface area contributed by atoms with Gasteiger partial charge in [0.05, 0.1) is 5.52 Å². The van der Waals surface area contributed by atoms with Gasteiger partial charge in [0, 0.05) is 13.5 Å². The average molecular weight is 176 g/mol. The molecule has 1 aromatic carbocycles. The lowest BCUT2D eigenvalue weighted by Gasteiger charge is -1.99. The van der Waals surface area contributed by atoms with E-state index in [9.17, 15) is 5.11 Å². The molecule has 0 fully saturated rings. The fraction of sp³-hybridized carbons (Fsp3) is 0.300. The molecule has 0 amide bonds. The van der Waals surface area contributed by atoms with Crippen LogP contribution in [0.15, 0.2) is 18.2 Å². The van der Waals surface area contributed by atoms with E-state index in [1.807, 2.05) is 23.7 Å². The number of phenolic OH excluding ortho intramolecular Hbond substituents is 1. The van der Waals surface area contributed by atoms with Gasteiger partial charge in [-0.05, 0) is 12.1 Å². The van der Waals surface area contributed by atoms with Crippen LogP contribution in [0.3, 0.4) is 0 Å². The fourth-order valence-corrected chi connectivity index (χ4v) is 1.61. The summed E-state index contributed by atoms with van der Waals surface area (Å²) in [6, 6.07) is 5.40. The van der Waals surface area contributed by atoms with Crippen LogP contribution in [0.4, 0.5) is 0 Å². The highest BCUT2D eigenvalue weighted by atomic mass is 16.3. The second-order valence-corrected chi connectivity index (χ2v) is 3.09. The first-order valence-electron chi connectivity index (χ1n) is 4.37. The molecule has 0 spiro atoms. The van der Waals surface area contributed by atoms with E-state index in [4.69, 9.17) is 0 Å². The summed E-state index contributed by atoms with van der Waals surface area (Å²) in [5.74, 6) is 1.30. The molecule has 0 radical (unpaired) electrons. The van der Waals surface area contributed by atoms with Crippen LogP contribution in [0.2, 0.25) is 0 Å². The van der Waals surface area contributed by atoms with Crippen LogP contribution in [-0.4, -0.2) is 14.7 Å². The molecule has 0 aliphatic carbocycles. The van der Waals surface area contributed by atoms with E-state index in [1.54, 1.807) is 6.07 Å². The Morgan fingerprint density at radius 3 is 2.85 bits per heavy atom. The molecule has 0 saturated heterocycles. The molecule has 2 rings (SSSR count). The molecule has 3 nitrogen and oxygen atoms in total. The van der Waals surface area contributed by atoms with E-state index in [0.29, 0.717) is 5.75 Å². The fourth-order valence-electron chi connectivity index (χ4n) is 1.61. The van der Waals surface area contributed by atoms with E-state index < -0.39 is 0 Å². The molecule has 0 unspecified atom stereocenters. The third-order valence-corrected chi connectivity index (χ3v) is 2.28. The first-order valence-corrected chi connectivity index (χ1v) is 4.37. The normalized spacial score (nSPS) is 10.9. The van der Waals surface area contributed by atoms with Gasteiger partial charge < -0.3 is 9.67 Å². The van der Waals surface area contributed by atoms with Crippen molar-refractivity contribution in [3.63, 3.8) is 0 Å². The lowest BCUT2D eigenvalue weighted by atomic mass is 10.3. The third-order valence-electron chi connectivity index (χ3n) is 2.28. The quantitative estimate of drug-likeness (QED) is 0.720. The maximum absolute atomic E-state index is 9.60. The van der Waals surface area contributed by atoms with Crippen LogP contribution in [0.1, 0.15) is 12.7 Å². The van der Waals surface area contributed by atoms with Crippen LogP contribution in [-0.2, 0) is 13.5 Å². The molecule has 13 heavy (non-hydrogen) atoms. The second-order valence-electron chi connectivity index (χ2n) is 3.09. The zero-order chi connectivity index (χ0) is 9.42. The van der Waals surface area contributed by atoms with Gasteiger partial charge in [-0.1, -0.05) is 13.0 Å². The van der Waals surface area contributed by atoms with Gasteiger partial charge in [0.2, 0.25) is 0 Å². The minimum absolute atomic E-state index is 0.298. The summed E-state index contributed by atoms with van der Waals surface area (Å²) in [6.45, 7) is 2.05. The van der Waals surface area contributed by atoms with Gasteiger partial charge in [-0.2, -0.15) is 0 Å². The number of aromatic hydroxyl groups is 1. The number of hydrogen-bond acceptors (Lipinski definition) is 2. The Labute approximate surface area is 76.6 Å². The summed E-state index contributed by atoms with van der Waals surface area (Å²) in [4.78, 5) is 4.39. The summed E-state index contributed by atoms with van der Waals surface area (Å²) in [5, 5.41) is 9.60. The van der Waals surface area contributed by atoms with Crippen molar-refractivity contribution in [2.45, 2.75) is 13.3 Å². The number of hydrogen-bond donors (Lipinski definition) is 1. The Kier molecular flexibility index (Phi) is 1.72. The topological polar surface area (TPSA) is 38.1 Å². The molecule has 0 bridgehead atoms. The van der Waals surface area contributed by atoms with E-state index >= 15 is 0 Å². The minimum Gasteiger partial charge on any atom is -0.506 e. The van der Waals surface area contributed by atoms with E-state index in [0.717, 1.165) is 23.3 Å². The zero-order valence-corrected chi connectivity index (χ0v) is 7.78. The molecule has 68 valence electrons. The van der Waals surface area contributed by atoms with Crippen molar-refractivity contribution in [2.75, 3.05) is 0 Å². The van der Waals surface area contributed by atoms with Gasteiger partial charge >= 0.3 is 0 Å². The lowest BCUT2D eigenvalue weighted by Crippen LogP contribution is -1.94. The molecule has 3 heteroatoms. The Hall–Kier alpha value is -1.51. The predicted octanol–water partition coefficient (Wildman–Crippen LogP) is 1.84. The molecule has 1 heterocycles. The minimum atomic E-state index is 0.298. The molecular weight excluding hydrogens is 164 g/mol. The van der Waals surface area contributed by atoms with Gasteiger partial charge in [0.25, 0.3) is 0 Å². The first kappa shape index (κ1) is 8.10. The molecule has 0 aliphatic heterocycles. The van der Waals surface area contributed by atoms with Crippen LogP contribution in [0, 0.1) is 0 Å². The number of rotatable bonds is 1. The summed E-state index contributed by atoms with van der Waals surface area (Å²) in [5.41, 5.74) is 1.68. The molecule has 0 atom stereocenters. The molecule has 2 aromatic rings. The third kappa shape index (κ3) is 1.08. The molecular formula is C10H12N2O. The SMILES string of the molecule is CCc1nc2cccc(O)c2n1C. The number of para-hydroxylation sites is 1. The smallest absolute Gasteiger partial charge is 0.141 e. The number of phenols is 1. The maximum Gasteiger partial charge on any atom is 0.141 e. The average Bonchev–Trinajstić information content (AvgIpc) is 2.44. The van der Waals surface area contributed by atoms with Gasteiger partial charge in [0.1, 0.15) is 17.1 Å². The van der Waals surface area contributed by atoms with Crippen molar-refractivity contribution in [1.29, 1.82) is 0 Å². The van der Waals surface area contributed by atoms with Crippen molar-refractivity contribution in [3.8, 4) is 5.75 Å².